The number of nitrogens with one attached hydrogen (secondary N) is 2. The second kappa shape index (κ2) is 7.08. The fourth-order valence-corrected chi connectivity index (χ4v) is 2.40. The van der Waals surface area contributed by atoms with Gasteiger partial charge in [0.05, 0.1) is 29.8 Å². The molecule has 0 unspecified atom stereocenters. The van der Waals surface area contributed by atoms with Crippen LogP contribution in [0, 0.1) is 6.92 Å². The van der Waals surface area contributed by atoms with Crippen LogP contribution in [0.5, 0.6) is 0 Å². The second-order valence-electron chi connectivity index (χ2n) is 5.60. The third kappa shape index (κ3) is 3.97. The minimum absolute atomic E-state index is 0.295. The summed E-state index contributed by atoms with van der Waals surface area (Å²) in [6.07, 6.45) is 3.46. The number of nitrogens with zero attached hydrogens (tertiary/aromatic N) is 5. The minimum Gasteiger partial charge on any atom is -0.350 e. The number of carbonyl (C=O) groups is 1. The maximum absolute atomic E-state index is 11.4. The molecule has 8 nitrogen and oxygen atoms in total. The molecule has 0 spiro atoms. The van der Waals surface area contributed by atoms with E-state index >= 15 is 0 Å². The first-order chi connectivity index (χ1) is 12.0. The second-order valence-corrected chi connectivity index (χ2v) is 5.60. The van der Waals surface area contributed by atoms with Crippen LogP contribution >= 0.6 is 0 Å². The molecule has 0 saturated carbocycles. The fraction of sp³-hybridized carbons (Fsp3) is 0.235. The Morgan fingerprint density at radius 3 is 2.80 bits per heavy atom. The fourth-order valence-electron chi connectivity index (χ4n) is 2.40. The van der Waals surface area contributed by atoms with Crippen LogP contribution in [0.4, 0.5) is 5.95 Å². The topological polar surface area (TPSA) is 97.1 Å². The highest BCUT2D eigenvalue weighted by atomic mass is 16.1. The zero-order valence-electron chi connectivity index (χ0n) is 14.3. The van der Waals surface area contributed by atoms with Crippen molar-refractivity contribution in [1.82, 2.24) is 24.8 Å². The molecule has 0 bridgehead atoms. The Hall–Kier alpha value is -3.29. The van der Waals surface area contributed by atoms with Crippen LogP contribution < -0.4 is 10.6 Å². The SMILES string of the molecule is CC(=O)/N=C(/NCc1cncn1C)Nc1nc(C)c2ccccc2n1. The normalized spacial score (nSPS) is 11.6. The van der Waals surface area contributed by atoms with E-state index in [4.69, 9.17) is 0 Å². The minimum atomic E-state index is -0.322. The van der Waals surface area contributed by atoms with E-state index in [9.17, 15) is 4.79 Å². The molecule has 0 aliphatic heterocycles. The summed E-state index contributed by atoms with van der Waals surface area (Å²) >= 11 is 0. The standard InChI is InChI=1S/C17H19N7O/c1-11-14-6-4-5-7-15(14)22-17(20-11)23-16(21-12(2)25)19-9-13-8-18-10-24(13)3/h4-8,10H,9H2,1-3H3,(H2,19,20,21,22,23,25). The highest BCUT2D eigenvalue weighted by Gasteiger charge is 2.08. The van der Waals surface area contributed by atoms with Gasteiger partial charge in [-0.1, -0.05) is 18.2 Å². The lowest BCUT2D eigenvalue weighted by Crippen LogP contribution is -2.32. The first-order valence-corrected chi connectivity index (χ1v) is 7.81. The van der Waals surface area contributed by atoms with E-state index in [2.05, 4.69) is 30.6 Å². The van der Waals surface area contributed by atoms with E-state index in [-0.39, 0.29) is 5.91 Å². The van der Waals surface area contributed by atoms with Gasteiger partial charge in [0.2, 0.25) is 17.8 Å². The van der Waals surface area contributed by atoms with Gasteiger partial charge in [-0.05, 0) is 13.0 Å². The van der Waals surface area contributed by atoms with Gasteiger partial charge in [0.1, 0.15) is 0 Å². The Bertz CT molecular complexity index is 945. The summed E-state index contributed by atoms with van der Waals surface area (Å²) in [5, 5.41) is 7.07. The smallest absolute Gasteiger partial charge is 0.245 e. The van der Waals surface area contributed by atoms with E-state index in [1.54, 1.807) is 12.5 Å². The Balaban J connectivity index is 1.83. The molecule has 2 N–H and O–H groups in total. The third-order valence-corrected chi connectivity index (χ3v) is 3.65. The molecule has 2 aromatic heterocycles. The molecule has 1 amide bonds. The van der Waals surface area contributed by atoms with Crippen LogP contribution in [-0.2, 0) is 18.4 Å². The zero-order chi connectivity index (χ0) is 17.8. The number of aromatic nitrogens is 4. The number of hydrogen-bond donors (Lipinski definition) is 2. The number of aliphatic imine (C=N–C) groups is 1. The van der Waals surface area contributed by atoms with Gasteiger partial charge in [-0.3, -0.25) is 10.1 Å². The number of aryl methyl sites for hydroxylation is 2. The number of fused-ring (bicyclic) bond motifs is 1. The van der Waals surface area contributed by atoms with Crippen molar-refractivity contribution in [3.05, 3.63) is 48.2 Å². The maximum atomic E-state index is 11.4. The predicted octanol–water partition coefficient (Wildman–Crippen LogP) is 1.78. The quantitative estimate of drug-likeness (QED) is 0.558. The number of anilines is 1. The molecule has 1 aromatic carbocycles. The first-order valence-electron chi connectivity index (χ1n) is 7.81. The van der Waals surface area contributed by atoms with Crippen LogP contribution in [0.2, 0.25) is 0 Å². The van der Waals surface area contributed by atoms with Gasteiger partial charge in [-0.2, -0.15) is 4.99 Å². The Kier molecular flexibility index (Phi) is 4.69. The van der Waals surface area contributed by atoms with Crippen molar-refractivity contribution < 1.29 is 4.79 Å². The molecule has 0 fully saturated rings. The monoisotopic (exact) mass is 337 g/mol. The summed E-state index contributed by atoms with van der Waals surface area (Å²) in [7, 11) is 1.90. The molecule has 2 heterocycles. The molecule has 0 aliphatic carbocycles. The number of hydrogen-bond acceptors (Lipinski definition) is 4. The molecule has 0 aliphatic rings. The highest BCUT2D eigenvalue weighted by molar-refractivity contribution is 6.00. The van der Waals surface area contributed by atoms with Crippen LogP contribution in [0.1, 0.15) is 18.3 Å². The number of benzene rings is 1. The Morgan fingerprint density at radius 1 is 1.28 bits per heavy atom. The summed E-state index contributed by atoms with van der Waals surface area (Å²) in [5.41, 5.74) is 2.63. The summed E-state index contributed by atoms with van der Waals surface area (Å²) in [6.45, 7) is 3.77. The predicted molar refractivity (Wildman–Crippen MR) is 96.1 cm³/mol. The van der Waals surface area contributed by atoms with Crippen molar-refractivity contribution in [2.24, 2.45) is 12.0 Å². The summed E-state index contributed by atoms with van der Waals surface area (Å²) < 4.78 is 1.88. The molecular weight excluding hydrogens is 318 g/mol. The average Bonchev–Trinajstić information content (AvgIpc) is 2.97. The number of rotatable bonds is 3. The molecule has 3 rings (SSSR count). The van der Waals surface area contributed by atoms with Crippen molar-refractivity contribution in [2.45, 2.75) is 20.4 Å². The van der Waals surface area contributed by atoms with E-state index in [1.807, 2.05) is 42.8 Å². The molecule has 8 heteroatoms. The van der Waals surface area contributed by atoms with Crippen LogP contribution in [-0.4, -0.2) is 31.4 Å². The maximum Gasteiger partial charge on any atom is 0.245 e. The zero-order valence-corrected chi connectivity index (χ0v) is 14.3. The third-order valence-electron chi connectivity index (χ3n) is 3.65. The Labute approximate surface area is 145 Å². The van der Waals surface area contributed by atoms with Gasteiger partial charge < -0.3 is 9.88 Å². The molecule has 0 radical (unpaired) electrons. The average molecular weight is 337 g/mol. The van der Waals surface area contributed by atoms with Gasteiger partial charge in [-0.25, -0.2) is 15.0 Å². The molecular formula is C17H19N7O. The first kappa shape index (κ1) is 16.6. The highest BCUT2D eigenvalue weighted by Crippen LogP contribution is 2.16. The van der Waals surface area contributed by atoms with Crippen molar-refractivity contribution in [2.75, 3.05) is 5.32 Å². The Morgan fingerprint density at radius 2 is 2.08 bits per heavy atom. The van der Waals surface area contributed by atoms with E-state index in [1.165, 1.54) is 6.92 Å². The number of carbonyl (C=O) groups excluding carboxylic acids is 1. The molecule has 3 aromatic rings. The molecule has 25 heavy (non-hydrogen) atoms. The molecule has 128 valence electrons. The number of amides is 1. The van der Waals surface area contributed by atoms with Gasteiger partial charge in [0.25, 0.3) is 0 Å². The lowest BCUT2D eigenvalue weighted by molar-refractivity contribution is -0.115. The summed E-state index contributed by atoms with van der Waals surface area (Å²) in [4.78, 5) is 28.4. The largest absolute Gasteiger partial charge is 0.350 e. The van der Waals surface area contributed by atoms with Crippen molar-refractivity contribution in [3.63, 3.8) is 0 Å². The number of imidazole rings is 1. The van der Waals surface area contributed by atoms with Crippen molar-refractivity contribution >= 4 is 28.7 Å². The summed E-state index contributed by atoms with van der Waals surface area (Å²) in [5.74, 6) is 0.356. The number of para-hydroxylation sites is 1. The van der Waals surface area contributed by atoms with Gasteiger partial charge in [0, 0.05) is 25.6 Å². The van der Waals surface area contributed by atoms with Crippen molar-refractivity contribution in [1.29, 1.82) is 0 Å². The molecule has 0 saturated heterocycles. The van der Waals surface area contributed by atoms with Crippen LogP contribution in [0.15, 0.2) is 41.8 Å². The van der Waals surface area contributed by atoms with E-state index in [0.29, 0.717) is 18.5 Å². The van der Waals surface area contributed by atoms with Gasteiger partial charge in [0.15, 0.2) is 0 Å². The number of guanidine groups is 1. The lowest BCUT2D eigenvalue weighted by atomic mass is 10.2. The van der Waals surface area contributed by atoms with E-state index < -0.39 is 0 Å². The van der Waals surface area contributed by atoms with Crippen LogP contribution in [0.3, 0.4) is 0 Å². The van der Waals surface area contributed by atoms with Crippen LogP contribution in [0.25, 0.3) is 10.9 Å². The van der Waals surface area contributed by atoms with E-state index in [0.717, 1.165) is 22.3 Å². The lowest BCUT2D eigenvalue weighted by Gasteiger charge is -2.12. The van der Waals surface area contributed by atoms with Gasteiger partial charge in [-0.15, -0.1) is 0 Å². The van der Waals surface area contributed by atoms with Crippen molar-refractivity contribution in [3.8, 4) is 0 Å². The molecule has 0 atom stereocenters. The van der Waals surface area contributed by atoms with Gasteiger partial charge >= 0.3 is 0 Å². The summed E-state index contributed by atoms with van der Waals surface area (Å²) in [6, 6.07) is 7.76.